The standard InChI is InChI=1S/C9H9FN4O/c10-7-4-12-9(13-5-7)14-1-2-15-8(3-11)6-14/h4-5,8H,1-2,6H2. The molecule has 1 aromatic heterocycles. The van der Waals surface area contributed by atoms with E-state index in [-0.39, 0.29) is 0 Å². The molecule has 0 saturated carbocycles. The van der Waals surface area contributed by atoms with E-state index in [1.54, 1.807) is 4.90 Å². The van der Waals surface area contributed by atoms with Crippen LogP contribution >= 0.6 is 0 Å². The third-order valence-corrected chi connectivity index (χ3v) is 2.10. The maximum Gasteiger partial charge on any atom is 0.225 e. The number of hydrogen-bond donors (Lipinski definition) is 0. The van der Waals surface area contributed by atoms with Gasteiger partial charge in [-0.1, -0.05) is 0 Å². The highest BCUT2D eigenvalue weighted by Gasteiger charge is 2.21. The van der Waals surface area contributed by atoms with Crippen LogP contribution in [0.2, 0.25) is 0 Å². The predicted octanol–water partition coefficient (Wildman–Crippen LogP) is 0.344. The Morgan fingerprint density at radius 3 is 2.93 bits per heavy atom. The molecule has 0 aliphatic carbocycles. The topological polar surface area (TPSA) is 62.0 Å². The van der Waals surface area contributed by atoms with E-state index in [0.29, 0.717) is 25.6 Å². The van der Waals surface area contributed by atoms with Crippen LogP contribution in [0.25, 0.3) is 0 Å². The molecule has 0 N–H and O–H groups in total. The molecular formula is C9H9FN4O. The number of aromatic nitrogens is 2. The Balaban J connectivity index is 2.10. The van der Waals surface area contributed by atoms with E-state index in [0.717, 1.165) is 12.4 Å². The van der Waals surface area contributed by atoms with Crippen molar-refractivity contribution in [2.75, 3.05) is 24.6 Å². The molecule has 1 fully saturated rings. The maximum absolute atomic E-state index is 12.6. The van der Waals surface area contributed by atoms with Crippen LogP contribution in [0.5, 0.6) is 0 Å². The molecule has 15 heavy (non-hydrogen) atoms. The van der Waals surface area contributed by atoms with Gasteiger partial charge in [0.2, 0.25) is 5.95 Å². The molecule has 1 saturated heterocycles. The quantitative estimate of drug-likeness (QED) is 0.666. The van der Waals surface area contributed by atoms with Crippen LogP contribution in [0.15, 0.2) is 12.4 Å². The number of nitriles is 1. The molecule has 78 valence electrons. The van der Waals surface area contributed by atoms with Gasteiger partial charge in [0.25, 0.3) is 0 Å². The first kappa shape index (κ1) is 9.80. The third-order valence-electron chi connectivity index (χ3n) is 2.10. The van der Waals surface area contributed by atoms with E-state index in [9.17, 15) is 4.39 Å². The molecule has 2 heterocycles. The molecule has 0 spiro atoms. The summed E-state index contributed by atoms with van der Waals surface area (Å²) in [5.41, 5.74) is 0. The Bertz CT molecular complexity index is 375. The first-order chi connectivity index (χ1) is 7.29. The zero-order valence-corrected chi connectivity index (χ0v) is 7.93. The second-order valence-electron chi connectivity index (χ2n) is 3.14. The summed E-state index contributed by atoms with van der Waals surface area (Å²) in [5, 5.41) is 8.70. The van der Waals surface area contributed by atoms with E-state index < -0.39 is 11.9 Å². The molecule has 1 atom stereocenters. The number of anilines is 1. The van der Waals surface area contributed by atoms with Crippen molar-refractivity contribution in [1.29, 1.82) is 5.26 Å². The Hall–Kier alpha value is -1.74. The largest absolute Gasteiger partial charge is 0.360 e. The van der Waals surface area contributed by atoms with Gasteiger partial charge >= 0.3 is 0 Å². The maximum atomic E-state index is 12.6. The van der Waals surface area contributed by atoms with E-state index in [1.807, 2.05) is 6.07 Å². The molecule has 0 bridgehead atoms. The van der Waals surface area contributed by atoms with Crippen molar-refractivity contribution in [1.82, 2.24) is 9.97 Å². The lowest BCUT2D eigenvalue weighted by molar-refractivity contribution is 0.0758. The van der Waals surface area contributed by atoms with Crippen LogP contribution < -0.4 is 4.90 Å². The number of hydrogen-bond acceptors (Lipinski definition) is 5. The average molecular weight is 208 g/mol. The van der Waals surface area contributed by atoms with Crippen molar-refractivity contribution < 1.29 is 9.13 Å². The van der Waals surface area contributed by atoms with Gasteiger partial charge in [0.15, 0.2) is 11.9 Å². The van der Waals surface area contributed by atoms with Gasteiger partial charge in [-0.05, 0) is 0 Å². The van der Waals surface area contributed by atoms with E-state index in [2.05, 4.69) is 9.97 Å². The van der Waals surface area contributed by atoms with Gasteiger partial charge in [-0.25, -0.2) is 14.4 Å². The molecule has 2 rings (SSSR count). The van der Waals surface area contributed by atoms with Gasteiger partial charge in [0, 0.05) is 6.54 Å². The molecule has 5 nitrogen and oxygen atoms in total. The summed E-state index contributed by atoms with van der Waals surface area (Å²) in [7, 11) is 0. The first-order valence-corrected chi connectivity index (χ1v) is 4.53. The fourth-order valence-electron chi connectivity index (χ4n) is 1.38. The summed E-state index contributed by atoms with van der Waals surface area (Å²) in [6, 6.07) is 2.02. The Morgan fingerprint density at radius 2 is 2.27 bits per heavy atom. The summed E-state index contributed by atoms with van der Waals surface area (Å²) in [4.78, 5) is 9.49. The van der Waals surface area contributed by atoms with Crippen molar-refractivity contribution >= 4 is 5.95 Å². The lowest BCUT2D eigenvalue weighted by Crippen LogP contribution is -2.42. The molecule has 1 aliphatic rings. The number of halogens is 1. The SMILES string of the molecule is N#CC1CN(c2ncc(F)cn2)CCO1. The van der Waals surface area contributed by atoms with E-state index in [1.165, 1.54) is 0 Å². The highest BCUT2D eigenvalue weighted by atomic mass is 19.1. The van der Waals surface area contributed by atoms with Crippen LogP contribution in [0.1, 0.15) is 0 Å². The van der Waals surface area contributed by atoms with Crippen molar-refractivity contribution in [3.63, 3.8) is 0 Å². The summed E-state index contributed by atoms with van der Waals surface area (Å²) in [6.45, 7) is 1.49. The normalized spacial score (nSPS) is 21.1. The van der Waals surface area contributed by atoms with Crippen LogP contribution in [0.3, 0.4) is 0 Å². The minimum atomic E-state index is -0.469. The van der Waals surface area contributed by atoms with Crippen LogP contribution in [-0.2, 0) is 4.74 Å². The van der Waals surface area contributed by atoms with Gasteiger partial charge in [0.1, 0.15) is 0 Å². The molecule has 0 radical (unpaired) electrons. The number of rotatable bonds is 1. The van der Waals surface area contributed by atoms with Crippen molar-refractivity contribution in [2.24, 2.45) is 0 Å². The molecule has 0 aromatic carbocycles. The summed E-state index contributed by atoms with van der Waals surface area (Å²) < 4.78 is 17.7. The van der Waals surface area contributed by atoms with Gasteiger partial charge in [0.05, 0.1) is 31.6 Å². The highest BCUT2D eigenvalue weighted by molar-refractivity contribution is 5.30. The molecule has 1 aromatic rings. The minimum absolute atomic E-state index is 0.419. The average Bonchev–Trinajstić information content (AvgIpc) is 2.30. The van der Waals surface area contributed by atoms with Crippen LogP contribution in [-0.4, -0.2) is 35.8 Å². The zero-order valence-electron chi connectivity index (χ0n) is 7.93. The predicted molar refractivity (Wildman–Crippen MR) is 49.6 cm³/mol. The zero-order chi connectivity index (χ0) is 10.7. The van der Waals surface area contributed by atoms with Crippen molar-refractivity contribution in [3.8, 4) is 6.07 Å². The van der Waals surface area contributed by atoms with E-state index in [4.69, 9.17) is 10.00 Å². The second kappa shape index (κ2) is 4.19. The fraction of sp³-hybridized carbons (Fsp3) is 0.444. The van der Waals surface area contributed by atoms with Gasteiger partial charge in [-0.2, -0.15) is 5.26 Å². The first-order valence-electron chi connectivity index (χ1n) is 4.53. The van der Waals surface area contributed by atoms with Crippen LogP contribution in [0.4, 0.5) is 10.3 Å². The number of morpholine rings is 1. The van der Waals surface area contributed by atoms with Crippen molar-refractivity contribution in [3.05, 3.63) is 18.2 Å². The number of nitrogens with zero attached hydrogens (tertiary/aromatic N) is 4. The second-order valence-corrected chi connectivity index (χ2v) is 3.14. The van der Waals surface area contributed by atoms with Crippen molar-refractivity contribution in [2.45, 2.75) is 6.10 Å². The third kappa shape index (κ3) is 2.19. The molecular weight excluding hydrogens is 199 g/mol. The fourth-order valence-corrected chi connectivity index (χ4v) is 1.38. The Kier molecular flexibility index (Phi) is 2.74. The highest BCUT2D eigenvalue weighted by Crippen LogP contribution is 2.11. The molecule has 1 unspecified atom stereocenters. The lowest BCUT2D eigenvalue weighted by Gasteiger charge is -2.29. The smallest absolute Gasteiger partial charge is 0.225 e. The summed E-state index contributed by atoms with van der Waals surface area (Å²) in [5.74, 6) is -0.0382. The Labute approximate surface area is 86.1 Å². The monoisotopic (exact) mass is 208 g/mol. The minimum Gasteiger partial charge on any atom is -0.360 e. The Morgan fingerprint density at radius 1 is 1.53 bits per heavy atom. The summed E-state index contributed by atoms with van der Waals surface area (Å²) >= 11 is 0. The van der Waals surface area contributed by atoms with Gasteiger partial charge in [-0.3, -0.25) is 0 Å². The molecule has 0 amide bonds. The molecule has 1 aliphatic heterocycles. The van der Waals surface area contributed by atoms with Gasteiger partial charge < -0.3 is 9.64 Å². The number of ether oxygens (including phenoxy) is 1. The van der Waals surface area contributed by atoms with E-state index >= 15 is 0 Å². The molecule has 6 heteroatoms. The van der Waals surface area contributed by atoms with Gasteiger partial charge in [-0.15, -0.1) is 0 Å². The van der Waals surface area contributed by atoms with Crippen LogP contribution in [0, 0.1) is 17.1 Å². The lowest BCUT2D eigenvalue weighted by atomic mass is 10.3. The summed E-state index contributed by atoms with van der Waals surface area (Å²) in [6.07, 6.45) is 1.76.